The minimum absolute atomic E-state index is 0.0198. The third kappa shape index (κ3) is 4.61. The minimum atomic E-state index is -0.241. The predicted octanol–water partition coefficient (Wildman–Crippen LogP) is 5.69. The van der Waals surface area contributed by atoms with Crippen LogP contribution in [0.3, 0.4) is 0 Å². The van der Waals surface area contributed by atoms with Crippen molar-refractivity contribution >= 4 is 11.6 Å². The first-order valence-corrected chi connectivity index (χ1v) is 10.3. The predicted molar refractivity (Wildman–Crippen MR) is 110 cm³/mol. The molecule has 0 radical (unpaired) electrons. The maximum atomic E-state index is 12.8. The van der Waals surface area contributed by atoms with Gasteiger partial charge in [-0.15, -0.1) is 0 Å². The van der Waals surface area contributed by atoms with Gasteiger partial charge in [0.2, 0.25) is 0 Å². The zero-order valence-electron chi connectivity index (χ0n) is 16.5. The first-order chi connectivity index (χ1) is 13.6. The molecule has 4 nitrogen and oxygen atoms in total. The first-order valence-electron chi connectivity index (χ1n) is 10.3. The van der Waals surface area contributed by atoms with Crippen molar-refractivity contribution in [3.05, 3.63) is 58.7 Å². The van der Waals surface area contributed by atoms with E-state index < -0.39 is 0 Å². The fraction of sp³-hybridized carbons (Fsp3) is 0.417. The summed E-state index contributed by atoms with van der Waals surface area (Å²) in [7, 11) is 0. The second-order valence-corrected chi connectivity index (χ2v) is 7.42. The van der Waals surface area contributed by atoms with Crippen LogP contribution in [0.4, 0.5) is 0 Å². The van der Waals surface area contributed by atoms with Gasteiger partial charge in [-0.25, -0.2) is 0 Å². The van der Waals surface area contributed by atoms with Gasteiger partial charge in [-0.2, -0.15) is 0 Å². The fourth-order valence-corrected chi connectivity index (χ4v) is 3.63. The lowest BCUT2D eigenvalue weighted by Gasteiger charge is -2.18. The van der Waals surface area contributed by atoms with Crippen LogP contribution >= 0.6 is 0 Å². The molecule has 0 fully saturated rings. The van der Waals surface area contributed by atoms with E-state index in [2.05, 4.69) is 6.92 Å². The van der Waals surface area contributed by atoms with Crippen LogP contribution in [0.5, 0.6) is 11.5 Å². The molecule has 0 aromatic heterocycles. The molecule has 3 rings (SSSR count). The number of aromatic hydroxyl groups is 1. The van der Waals surface area contributed by atoms with Gasteiger partial charge < -0.3 is 9.84 Å². The van der Waals surface area contributed by atoms with Crippen LogP contribution in [0, 0.1) is 0 Å². The molecule has 148 valence electrons. The van der Waals surface area contributed by atoms with Crippen LogP contribution in [0.15, 0.2) is 36.4 Å². The smallest absolute Gasteiger partial charge is 0.194 e. The quantitative estimate of drug-likeness (QED) is 0.459. The summed E-state index contributed by atoms with van der Waals surface area (Å²) in [5.74, 6) is 0.149. The molecule has 0 atom stereocenters. The molecule has 4 heteroatoms. The second-order valence-electron chi connectivity index (χ2n) is 7.42. The molecular weight excluding hydrogens is 352 g/mol. The molecule has 0 saturated carbocycles. The minimum Gasteiger partial charge on any atom is -0.508 e. The Morgan fingerprint density at radius 2 is 1.29 bits per heavy atom. The third-order valence-corrected chi connectivity index (χ3v) is 5.24. The van der Waals surface area contributed by atoms with E-state index >= 15 is 0 Å². The molecule has 1 aliphatic carbocycles. The lowest BCUT2D eigenvalue weighted by Crippen LogP contribution is -2.20. The Morgan fingerprint density at radius 1 is 0.714 bits per heavy atom. The highest BCUT2D eigenvalue weighted by Crippen LogP contribution is 2.31. The van der Waals surface area contributed by atoms with Gasteiger partial charge >= 0.3 is 0 Å². The summed E-state index contributed by atoms with van der Waals surface area (Å²) in [5.41, 5.74) is 1.32. The molecule has 1 N–H and O–H groups in total. The topological polar surface area (TPSA) is 63.6 Å². The van der Waals surface area contributed by atoms with Gasteiger partial charge in [-0.1, -0.05) is 51.9 Å². The molecule has 0 heterocycles. The molecule has 28 heavy (non-hydrogen) atoms. The molecule has 0 amide bonds. The number of fused-ring (bicyclic) bond motifs is 2. The maximum Gasteiger partial charge on any atom is 0.194 e. The van der Waals surface area contributed by atoms with Crippen molar-refractivity contribution in [2.45, 2.75) is 58.3 Å². The lowest BCUT2D eigenvalue weighted by molar-refractivity contribution is 0.0978. The highest BCUT2D eigenvalue weighted by molar-refractivity contribution is 6.28. The summed E-state index contributed by atoms with van der Waals surface area (Å²) in [6.45, 7) is 2.84. The number of rotatable bonds is 10. The van der Waals surface area contributed by atoms with Crippen molar-refractivity contribution in [3.63, 3.8) is 0 Å². The summed E-state index contributed by atoms with van der Waals surface area (Å²) in [6.07, 6.45) is 9.89. The molecule has 2 aromatic carbocycles. The Balaban J connectivity index is 1.54. The van der Waals surface area contributed by atoms with Gasteiger partial charge in [-0.05, 0) is 42.8 Å². The van der Waals surface area contributed by atoms with Crippen molar-refractivity contribution in [3.8, 4) is 11.5 Å². The number of hydrogen-bond donors (Lipinski definition) is 1. The zero-order chi connectivity index (χ0) is 19.9. The van der Waals surface area contributed by atoms with Crippen LogP contribution in [-0.2, 0) is 0 Å². The molecule has 0 bridgehead atoms. The SMILES string of the molecule is CCCCCCCCCCOc1ccc2c(c1)C(=O)c1ccc(O)cc1C2=O. The second kappa shape index (κ2) is 9.54. The van der Waals surface area contributed by atoms with Gasteiger partial charge in [-0.3, -0.25) is 9.59 Å². The van der Waals surface area contributed by atoms with E-state index in [1.54, 1.807) is 18.2 Å². The molecule has 0 aliphatic heterocycles. The van der Waals surface area contributed by atoms with Gasteiger partial charge in [0.1, 0.15) is 11.5 Å². The van der Waals surface area contributed by atoms with E-state index in [0.717, 1.165) is 12.8 Å². The molecule has 0 saturated heterocycles. The molecule has 0 unspecified atom stereocenters. The van der Waals surface area contributed by atoms with E-state index in [9.17, 15) is 14.7 Å². The van der Waals surface area contributed by atoms with Crippen LogP contribution in [0.2, 0.25) is 0 Å². The monoisotopic (exact) mass is 380 g/mol. The van der Waals surface area contributed by atoms with Crippen molar-refractivity contribution < 1.29 is 19.4 Å². The molecule has 2 aromatic rings. The molecule has 1 aliphatic rings. The summed E-state index contributed by atoms with van der Waals surface area (Å²) in [4.78, 5) is 25.4. The van der Waals surface area contributed by atoms with E-state index in [0.29, 0.717) is 29.0 Å². The van der Waals surface area contributed by atoms with E-state index in [1.807, 2.05) is 0 Å². The summed E-state index contributed by atoms with van der Waals surface area (Å²) in [5, 5.41) is 9.61. The van der Waals surface area contributed by atoms with Gasteiger partial charge in [0.25, 0.3) is 0 Å². The summed E-state index contributed by atoms with van der Waals surface area (Å²) < 4.78 is 5.80. The average Bonchev–Trinajstić information content (AvgIpc) is 2.70. The zero-order valence-corrected chi connectivity index (χ0v) is 16.5. The van der Waals surface area contributed by atoms with Crippen LogP contribution in [0.25, 0.3) is 0 Å². The number of hydrogen-bond acceptors (Lipinski definition) is 4. The van der Waals surface area contributed by atoms with E-state index in [-0.39, 0.29) is 22.9 Å². The largest absolute Gasteiger partial charge is 0.508 e. The number of ketones is 2. The number of carbonyl (C=O) groups excluding carboxylic acids is 2. The van der Waals surface area contributed by atoms with Gasteiger partial charge in [0, 0.05) is 22.3 Å². The van der Waals surface area contributed by atoms with Gasteiger partial charge in [0.15, 0.2) is 11.6 Å². The highest BCUT2D eigenvalue weighted by atomic mass is 16.5. The van der Waals surface area contributed by atoms with E-state index in [4.69, 9.17) is 4.74 Å². The van der Waals surface area contributed by atoms with Crippen molar-refractivity contribution in [2.24, 2.45) is 0 Å². The van der Waals surface area contributed by atoms with E-state index in [1.165, 1.54) is 56.7 Å². The van der Waals surface area contributed by atoms with Crippen molar-refractivity contribution in [1.29, 1.82) is 0 Å². The van der Waals surface area contributed by atoms with Crippen LogP contribution < -0.4 is 4.74 Å². The van der Waals surface area contributed by atoms with Crippen molar-refractivity contribution in [1.82, 2.24) is 0 Å². The highest BCUT2D eigenvalue weighted by Gasteiger charge is 2.30. The Kier molecular flexibility index (Phi) is 6.85. The van der Waals surface area contributed by atoms with Crippen LogP contribution in [-0.4, -0.2) is 23.3 Å². The number of phenols is 1. The third-order valence-electron chi connectivity index (χ3n) is 5.24. The lowest BCUT2D eigenvalue weighted by atomic mass is 9.84. The summed E-state index contributed by atoms with van der Waals surface area (Å²) in [6, 6.07) is 9.33. The number of ether oxygens (including phenoxy) is 1. The number of unbranched alkanes of at least 4 members (excludes halogenated alkanes) is 7. The normalized spacial score (nSPS) is 12.6. The average molecular weight is 380 g/mol. The van der Waals surface area contributed by atoms with Crippen molar-refractivity contribution in [2.75, 3.05) is 6.61 Å². The Bertz CT molecular complexity index is 854. The fourth-order valence-electron chi connectivity index (χ4n) is 3.63. The van der Waals surface area contributed by atoms with Gasteiger partial charge in [0.05, 0.1) is 6.61 Å². The number of carbonyl (C=O) groups is 2. The Labute approximate surface area is 166 Å². The molecular formula is C24H28O4. The standard InChI is InChI=1S/C24H28O4/c1-2-3-4-5-6-7-8-9-14-28-18-11-13-20-22(16-18)24(27)19-12-10-17(25)15-21(19)23(20)26/h10-13,15-16,25H,2-9,14H2,1H3. The number of benzene rings is 2. The first kappa shape index (κ1) is 20.1. The Hall–Kier alpha value is -2.62. The Morgan fingerprint density at radius 3 is 1.96 bits per heavy atom. The number of phenolic OH excluding ortho intramolecular Hbond substituents is 1. The summed E-state index contributed by atoms with van der Waals surface area (Å²) >= 11 is 0. The molecule has 0 spiro atoms. The maximum absolute atomic E-state index is 12.8. The van der Waals surface area contributed by atoms with Crippen LogP contribution in [0.1, 0.15) is 90.1 Å².